The second kappa shape index (κ2) is 4.62. The molecule has 0 aliphatic heterocycles. The molecule has 0 bridgehead atoms. The Labute approximate surface area is 99.8 Å². The first kappa shape index (κ1) is 11.1. The van der Waals surface area contributed by atoms with Crippen molar-refractivity contribution < 1.29 is 4.79 Å². The molecular weight excluding hydrogens is 216 g/mol. The van der Waals surface area contributed by atoms with E-state index in [9.17, 15) is 4.79 Å². The molecule has 82 valence electrons. The first-order chi connectivity index (χ1) is 7.72. The highest BCUT2D eigenvalue weighted by atomic mass is 32.1. The van der Waals surface area contributed by atoms with Crippen molar-refractivity contribution in [3.8, 4) is 0 Å². The molecule has 0 N–H and O–H groups in total. The molecule has 1 heterocycles. The summed E-state index contributed by atoms with van der Waals surface area (Å²) in [5.74, 6) is 0.141. The molecular formula is C14H14OS. The van der Waals surface area contributed by atoms with E-state index in [1.807, 2.05) is 37.3 Å². The van der Waals surface area contributed by atoms with Gasteiger partial charge in [0.1, 0.15) is 0 Å². The minimum absolute atomic E-state index is 0.141. The van der Waals surface area contributed by atoms with E-state index in [1.165, 1.54) is 16.9 Å². The molecule has 16 heavy (non-hydrogen) atoms. The number of carbonyl (C=O) groups is 1. The van der Waals surface area contributed by atoms with E-state index >= 15 is 0 Å². The topological polar surface area (TPSA) is 17.1 Å². The van der Waals surface area contributed by atoms with Gasteiger partial charge in [0.25, 0.3) is 0 Å². The molecule has 0 saturated carbocycles. The van der Waals surface area contributed by atoms with Gasteiger partial charge in [0.05, 0.1) is 4.88 Å². The predicted molar refractivity (Wildman–Crippen MR) is 68.3 cm³/mol. The summed E-state index contributed by atoms with van der Waals surface area (Å²) in [5.41, 5.74) is 3.09. The molecule has 0 aliphatic rings. The van der Waals surface area contributed by atoms with Crippen LogP contribution in [0.4, 0.5) is 0 Å². The largest absolute Gasteiger partial charge is 0.288 e. The maximum atomic E-state index is 12.2. The van der Waals surface area contributed by atoms with Gasteiger partial charge >= 0.3 is 0 Å². The standard InChI is InChI=1S/C14H14OS/c1-3-11-8-13(16-9-11)14(15)12-7-5-4-6-10(12)2/h4-9H,3H2,1-2H3. The Morgan fingerprint density at radius 3 is 2.69 bits per heavy atom. The molecule has 2 heteroatoms. The molecule has 0 spiro atoms. The van der Waals surface area contributed by atoms with Gasteiger partial charge < -0.3 is 0 Å². The van der Waals surface area contributed by atoms with Crippen molar-refractivity contribution in [3.63, 3.8) is 0 Å². The number of hydrogen-bond donors (Lipinski definition) is 0. The number of ketones is 1. The lowest BCUT2D eigenvalue weighted by atomic mass is 10.0. The predicted octanol–water partition coefficient (Wildman–Crippen LogP) is 3.85. The number of hydrogen-bond acceptors (Lipinski definition) is 2. The molecule has 0 saturated heterocycles. The SMILES string of the molecule is CCc1csc(C(=O)c2ccccc2C)c1. The lowest BCUT2D eigenvalue weighted by molar-refractivity contribution is 0.104. The highest BCUT2D eigenvalue weighted by Gasteiger charge is 2.12. The average Bonchev–Trinajstić information content (AvgIpc) is 2.77. The average molecular weight is 230 g/mol. The van der Waals surface area contributed by atoms with Crippen molar-refractivity contribution in [1.82, 2.24) is 0 Å². The fourth-order valence-corrected chi connectivity index (χ4v) is 2.59. The van der Waals surface area contributed by atoms with E-state index in [0.29, 0.717) is 0 Å². The lowest BCUT2D eigenvalue weighted by Gasteiger charge is -2.01. The Morgan fingerprint density at radius 2 is 2.06 bits per heavy atom. The van der Waals surface area contributed by atoms with Gasteiger partial charge in [-0.25, -0.2) is 0 Å². The summed E-state index contributed by atoms with van der Waals surface area (Å²) < 4.78 is 0. The second-order valence-electron chi connectivity index (χ2n) is 3.82. The molecule has 0 amide bonds. The van der Waals surface area contributed by atoms with Crippen LogP contribution in [0.25, 0.3) is 0 Å². The van der Waals surface area contributed by atoms with Crippen LogP contribution in [0.1, 0.15) is 33.3 Å². The van der Waals surface area contributed by atoms with Crippen LogP contribution in [-0.4, -0.2) is 5.78 Å². The Balaban J connectivity index is 2.35. The molecule has 0 unspecified atom stereocenters. The van der Waals surface area contributed by atoms with Crippen LogP contribution in [-0.2, 0) is 6.42 Å². The minimum Gasteiger partial charge on any atom is -0.288 e. The molecule has 1 nitrogen and oxygen atoms in total. The van der Waals surface area contributed by atoms with Gasteiger partial charge in [-0.3, -0.25) is 4.79 Å². The molecule has 0 aliphatic carbocycles. The summed E-state index contributed by atoms with van der Waals surface area (Å²) >= 11 is 1.54. The maximum Gasteiger partial charge on any atom is 0.203 e. The van der Waals surface area contributed by atoms with Gasteiger partial charge in [-0.2, -0.15) is 0 Å². The van der Waals surface area contributed by atoms with Gasteiger partial charge in [0.2, 0.25) is 5.78 Å². The third-order valence-corrected chi connectivity index (χ3v) is 3.65. The van der Waals surface area contributed by atoms with Crippen LogP contribution in [0.5, 0.6) is 0 Å². The number of rotatable bonds is 3. The van der Waals surface area contributed by atoms with Crippen molar-refractivity contribution in [2.45, 2.75) is 20.3 Å². The molecule has 0 fully saturated rings. The highest BCUT2D eigenvalue weighted by Crippen LogP contribution is 2.20. The van der Waals surface area contributed by atoms with E-state index in [-0.39, 0.29) is 5.78 Å². The fourth-order valence-electron chi connectivity index (χ4n) is 1.64. The van der Waals surface area contributed by atoms with Crippen LogP contribution >= 0.6 is 11.3 Å². The van der Waals surface area contributed by atoms with E-state index in [2.05, 4.69) is 12.3 Å². The second-order valence-corrected chi connectivity index (χ2v) is 4.73. The zero-order valence-electron chi connectivity index (χ0n) is 9.49. The Hall–Kier alpha value is -1.41. The van der Waals surface area contributed by atoms with Gasteiger partial charge in [-0.15, -0.1) is 11.3 Å². The van der Waals surface area contributed by atoms with Gasteiger partial charge in [-0.05, 0) is 35.9 Å². The molecule has 2 rings (SSSR count). The van der Waals surface area contributed by atoms with Crippen LogP contribution in [0.15, 0.2) is 35.7 Å². The number of benzene rings is 1. The van der Waals surface area contributed by atoms with E-state index in [0.717, 1.165) is 22.4 Å². The van der Waals surface area contributed by atoms with E-state index in [1.54, 1.807) is 0 Å². The number of carbonyl (C=O) groups excluding carboxylic acids is 1. The van der Waals surface area contributed by atoms with Crippen molar-refractivity contribution in [2.24, 2.45) is 0 Å². The van der Waals surface area contributed by atoms with E-state index < -0.39 is 0 Å². The first-order valence-electron chi connectivity index (χ1n) is 5.40. The monoisotopic (exact) mass is 230 g/mol. The van der Waals surface area contributed by atoms with Gasteiger partial charge in [-0.1, -0.05) is 31.2 Å². The van der Waals surface area contributed by atoms with Crippen LogP contribution in [0.2, 0.25) is 0 Å². The highest BCUT2D eigenvalue weighted by molar-refractivity contribution is 7.12. The smallest absolute Gasteiger partial charge is 0.203 e. The van der Waals surface area contributed by atoms with Gasteiger partial charge in [0, 0.05) is 5.56 Å². The third-order valence-electron chi connectivity index (χ3n) is 2.68. The third kappa shape index (κ3) is 2.07. The summed E-state index contributed by atoms with van der Waals surface area (Å²) in [5, 5.41) is 2.06. The minimum atomic E-state index is 0.141. The summed E-state index contributed by atoms with van der Waals surface area (Å²) in [7, 11) is 0. The van der Waals surface area contributed by atoms with Crippen molar-refractivity contribution >= 4 is 17.1 Å². The Kier molecular flexibility index (Phi) is 3.20. The molecule has 2 aromatic rings. The lowest BCUT2D eigenvalue weighted by Crippen LogP contribution is -2.00. The quantitative estimate of drug-likeness (QED) is 0.732. The Morgan fingerprint density at radius 1 is 1.31 bits per heavy atom. The van der Waals surface area contributed by atoms with Crippen molar-refractivity contribution in [2.75, 3.05) is 0 Å². The van der Waals surface area contributed by atoms with Crippen LogP contribution in [0, 0.1) is 6.92 Å². The van der Waals surface area contributed by atoms with E-state index in [4.69, 9.17) is 0 Å². The normalized spacial score (nSPS) is 10.4. The summed E-state index contributed by atoms with van der Waals surface area (Å²) in [6.07, 6.45) is 0.984. The van der Waals surface area contributed by atoms with Gasteiger partial charge in [0.15, 0.2) is 0 Å². The number of thiophene rings is 1. The van der Waals surface area contributed by atoms with Crippen molar-refractivity contribution in [1.29, 1.82) is 0 Å². The zero-order valence-corrected chi connectivity index (χ0v) is 10.3. The maximum absolute atomic E-state index is 12.2. The van der Waals surface area contributed by atoms with Crippen LogP contribution in [0.3, 0.4) is 0 Å². The van der Waals surface area contributed by atoms with Crippen molar-refractivity contribution in [3.05, 3.63) is 57.3 Å². The van der Waals surface area contributed by atoms with Crippen LogP contribution < -0.4 is 0 Å². The number of aryl methyl sites for hydroxylation is 2. The molecule has 1 aromatic heterocycles. The molecule has 0 radical (unpaired) electrons. The first-order valence-corrected chi connectivity index (χ1v) is 6.28. The zero-order chi connectivity index (χ0) is 11.5. The fraction of sp³-hybridized carbons (Fsp3) is 0.214. The Bertz CT molecular complexity index is 511. The molecule has 0 atom stereocenters. The summed E-state index contributed by atoms with van der Waals surface area (Å²) in [4.78, 5) is 13.0. The summed E-state index contributed by atoms with van der Waals surface area (Å²) in [6.45, 7) is 4.08. The molecule has 1 aromatic carbocycles. The summed E-state index contributed by atoms with van der Waals surface area (Å²) in [6, 6.07) is 9.73.